The molecule has 0 bridgehead atoms. The van der Waals surface area contributed by atoms with E-state index < -0.39 is 16.0 Å². The molecule has 0 aromatic carbocycles. The van der Waals surface area contributed by atoms with E-state index in [0.717, 1.165) is 6.26 Å². The number of carboxylic acid groups (broad SMARTS) is 1. The van der Waals surface area contributed by atoms with Crippen LogP contribution < -0.4 is 4.72 Å². The molecule has 0 aromatic heterocycles. The van der Waals surface area contributed by atoms with Gasteiger partial charge in [0.2, 0.25) is 10.0 Å². The number of hydrogen-bond donors (Lipinski definition) is 2. The molecule has 0 amide bonds. The first kappa shape index (κ1) is 12.3. The topological polar surface area (TPSA) is 92.7 Å². The van der Waals surface area contributed by atoms with Gasteiger partial charge in [-0.1, -0.05) is 0 Å². The summed E-state index contributed by atoms with van der Waals surface area (Å²) in [6, 6.07) is 0. The quantitative estimate of drug-likeness (QED) is 0.528. The number of ether oxygens (including phenoxy) is 1. The molecule has 13 heavy (non-hydrogen) atoms. The van der Waals surface area contributed by atoms with Crippen LogP contribution in [0.25, 0.3) is 0 Å². The average Bonchev–Trinajstić information content (AvgIpc) is 1.93. The number of hydrogen-bond acceptors (Lipinski definition) is 4. The van der Waals surface area contributed by atoms with Crippen molar-refractivity contribution in [2.75, 3.05) is 26.0 Å². The zero-order valence-electron chi connectivity index (χ0n) is 7.32. The molecule has 0 aliphatic rings. The molecule has 0 fully saturated rings. The Balaban J connectivity index is 3.23. The van der Waals surface area contributed by atoms with E-state index in [2.05, 4.69) is 9.46 Å². The van der Waals surface area contributed by atoms with Gasteiger partial charge in [-0.2, -0.15) is 0 Å². The fourth-order valence-electron chi connectivity index (χ4n) is 0.591. The van der Waals surface area contributed by atoms with Crippen LogP contribution in [0.15, 0.2) is 0 Å². The van der Waals surface area contributed by atoms with Crippen LogP contribution in [-0.2, 0) is 19.6 Å². The Morgan fingerprint density at radius 2 is 2.15 bits per heavy atom. The molecule has 0 atom stereocenters. The minimum Gasteiger partial charge on any atom is -0.480 e. The summed E-state index contributed by atoms with van der Waals surface area (Å²) >= 11 is 0. The molecule has 0 rings (SSSR count). The fraction of sp³-hybridized carbons (Fsp3) is 0.833. The first-order valence-corrected chi connectivity index (χ1v) is 5.55. The predicted molar refractivity (Wildman–Crippen MR) is 45.9 cm³/mol. The first-order chi connectivity index (χ1) is 5.92. The maximum absolute atomic E-state index is 10.5. The summed E-state index contributed by atoms with van der Waals surface area (Å²) in [5, 5.41) is 8.16. The molecule has 0 unspecified atom stereocenters. The lowest BCUT2D eigenvalue weighted by Gasteiger charge is -2.01. The van der Waals surface area contributed by atoms with Crippen LogP contribution in [0.5, 0.6) is 0 Å². The molecule has 0 spiro atoms. The molecule has 0 saturated carbocycles. The van der Waals surface area contributed by atoms with Crippen molar-refractivity contribution in [3.63, 3.8) is 0 Å². The second-order valence-electron chi connectivity index (χ2n) is 2.47. The molecule has 0 heterocycles. The second kappa shape index (κ2) is 5.90. The Morgan fingerprint density at radius 1 is 1.54 bits per heavy atom. The minimum absolute atomic E-state index is 0.231. The van der Waals surface area contributed by atoms with Crippen molar-refractivity contribution in [2.24, 2.45) is 0 Å². The third kappa shape index (κ3) is 11.3. The summed E-state index contributed by atoms with van der Waals surface area (Å²) < 4.78 is 28.0. The number of carboxylic acids is 1. The van der Waals surface area contributed by atoms with Crippen molar-refractivity contribution >= 4 is 16.0 Å². The third-order valence-electron chi connectivity index (χ3n) is 1.06. The smallest absolute Gasteiger partial charge is 0.329 e. The van der Waals surface area contributed by atoms with Gasteiger partial charge in [0, 0.05) is 13.2 Å². The zero-order chi connectivity index (χ0) is 10.3. The van der Waals surface area contributed by atoms with Gasteiger partial charge in [0.05, 0.1) is 6.26 Å². The molecule has 6 nitrogen and oxygen atoms in total. The van der Waals surface area contributed by atoms with E-state index in [4.69, 9.17) is 5.11 Å². The zero-order valence-corrected chi connectivity index (χ0v) is 8.13. The monoisotopic (exact) mass is 211 g/mol. The van der Waals surface area contributed by atoms with Gasteiger partial charge >= 0.3 is 5.97 Å². The van der Waals surface area contributed by atoms with E-state index in [1.54, 1.807) is 0 Å². The number of carbonyl (C=O) groups is 1. The van der Waals surface area contributed by atoms with Crippen molar-refractivity contribution in [1.29, 1.82) is 0 Å². The lowest BCUT2D eigenvalue weighted by atomic mass is 10.5. The van der Waals surface area contributed by atoms with Crippen molar-refractivity contribution in [3.8, 4) is 0 Å². The molecule has 78 valence electrons. The lowest BCUT2D eigenvalue weighted by Crippen LogP contribution is -2.24. The fourth-order valence-corrected chi connectivity index (χ4v) is 1.11. The van der Waals surface area contributed by atoms with Gasteiger partial charge < -0.3 is 9.84 Å². The largest absolute Gasteiger partial charge is 0.480 e. The highest BCUT2D eigenvalue weighted by atomic mass is 32.2. The number of sulfonamides is 1. The van der Waals surface area contributed by atoms with E-state index in [0.29, 0.717) is 6.42 Å². The highest BCUT2D eigenvalue weighted by Crippen LogP contribution is 1.82. The standard InChI is InChI=1S/C6H13NO5S/c1-13(10,11)7-3-2-4-12-5-6(8)9/h7H,2-5H2,1H3,(H,8,9). The predicted octanol–water partition coefficient (Wildman–Crippen LogP) is -0.973. The molecular weight excluding hydrogens is 198 g/mol. The highest BCUT2D eigenvalue weighted by molar-refractivity contribution is 7.88. The van der Waals surface area contributed by atoms with Gasteiger partial charge in [-0.25, -0.2) is 17.9 Å². The molecule has 0 saturated heterocycles. The summed E-state index contributed by atoms with van der Waals surface area (Å²) in [7, 11) is -3.15. The molecule has 2 N–H and O–H groups in total. The van der Waals surface area contributed by atoms with Crippen LogP contribution in [-0.4, -0.2) is 45.5 Å². The SMILES string of the molecule is CS(=O)(=O)NCCCOCC(=O)O. The first-order valence-electron chi connectivity index (χ1n) is 3.66. The van der Waals surface area contributed by atoms with E-state index in [1.807, 2.05) is 0 Å². The summed E-state index contributed by atoms with van der Waals surface area (Å²) in [4.78, 5) is 9.95. The molecule has 0 aliphatic carbocycles. The minimum atomic E-state index is -3.15. The maximum atomic E-state index is 10.5. The van der Waals surface area contributed by atoms with Crippen molar-refractivity contribution in [3.05, 3.63) is 0 Å². The van der Waals surface area contributed by atoms with E-state index in [1.165, 1.54) is 0 Å². The Bertz CT molecular complexity index is 248. The molecular formula is C6H13NO5S. The van der Waals surface area contributed by atoms with Gasteiger partial charge in [0.25, 0.3) is 0 Å². The summed E-state index contributed by atoms with van der Waals surface area (Å²) in [5.41, 5.74) is 0. The number of nitrogens with one attached hydrogen (secondary N) is 1. The van der Waals surface area contributed by atoms with E-state index in [9.17, 15) is 13.2 Å². The Morgan fingerprint density at radius 3 is 2.62 bits per heavy atom. The highest BCUT2D eigenvalue weighted by Gasteiger charge is 1.99. The normalized spacial score (nSPS) is 11.5. The Kier molecular flexibility index (Phi) is 5.60. The van der Waals surface area contributed by atoms with Crippen LogP contribution in [0.1, 0.15) is 6.42 Å². The molecule has 0 aromatic rings. The Hall–Kier alpha value is -0.660. The molecule has 0 radical (unpaired) electrons. The van der Waals surface area contributed by atoms with Crippen LogP contribution in [0, 0.1) is 0 Å². The molecule has 7 heteroatoms. The summed E-state index contributed by atoms with van der Waals surface area (Å²) in [6.07, 6.45) is 1.52. The number of aliphatic carboxylic acids is 1. The van der Waals surface area contributed by atoms with Gasteiger partial charge in [-0.05, 0) is 6.42 Å². The Labute approximate surface area is 76.9 Å². The van der Waals surface area contributed by atoms with Crippen molar-refractivity contribution in [1.82, 2.24) is 4.72 Å². The maximum Gasteiger partial charge on any atom is 0.329 e. The van der Waals surface area contributed by atoms with Crippen molar-refractivity contribution < 1.29 is 23.1 Å². The van der Waals surface area contributed by atoms with E-state index >= 15 is 0 Å². The van der Waals surface area contributed by atoms with Gasteiger partial charge in [0.1, 0.15) is 6.61 Å². The van der Waals surface area contributed by atoms with Crippen LogP contribution in [0.3, 0.4) is 0 Å². The summed E-state index contributed by atoms with van der Waals surface area (Å²) in [5.74, 6) is -1.03. The van der Waals surface area contributed by atoms with Crippen LogP contribution >= 0.6 is 0 Å². The van der Waals surface area contributed by atoms with Gasteiger partial charge in [-0.3, -0.25) is 0 Å². The average molecular weight is 211 g/mol. The van der Waals surface area contributed by atoms with Crippen LogP contribution in [0.4, 0.5) is 0 Å². The van der Waals surface area contributed by atoms with Crippen molar-refractivity contribution in [2.45, 2.75) is 6.42 Å². The second-order valence-corrected chi connectivity index (χ2v) is 4.30. The number of rotatable bonds is 7. The van der Waals surface area contributed by atoms with Gasteiger partial charge in [-0.15, -0.1) is 0 Å². The summed E-state index contributed by atoms with van der Waals surface area (Å²) in [6.45, 7) is 0.145. The van der Waals surface area contributed by atoms with Crippen LogP contribution in [0.2, 0.25) is 0 Å². The third-order valence-corrected chi connectivity index (χ3v) is 1.78. The van der Waals surface area contributed by atoms with E-state index in [-0.39, 0.29) is 19.8 Å². The molecule has 0 aliphatic heterocycles. The lowest BCUT2D eigenvalue weighted by molar-refractivity contribution is -0.142. The van der Waals surface area contributed by atoms with Gasteiger partial charge in [0.15, 0.2) is 0 Å².